The Labute approximate surface area is 415 Å². The first-order valence-corrected chi connectivity index (χ1v) is 25.2. The SMILES string of the molecule is CCCCC(C)c1cccc(-c2cccc(N(c3ccccc3)c3cc(C)c4ccc5c6c(ccc3c46)CC(C)=CC=5N(C3=CC=CCC=C3)c3cccc(-c4cccc(CC)c4OC)c3)c2)c1OC. The van der Waals surface area contributed by atoms with Gasteiger partial charge in [-0.25, -0.2) is 0 Å². The highest BCUT2D eigenvalue weighted by atomic mass is 16.5. The number of anilines is 4. The van der Waals surface area contributed by atoms with E-state index in [-0.39, 0.29) is 0 Å². The molecule has 0 fully saturated rings. The smallest absolute Gasteiger partial charge is 0.130 e. The first-order valence-electron chi connectivity index (χ1n) is 25.2. The molecule has 8 aromatic carbocycles. The lowest BCUT2D eigenvalue weighted by molar-refractivity contribution is 0.406. The van der Waals surface area contributed by atoms with Crippen molar-refractivity contribution in [3.8, 4) is 33.8 Å². The molecular weight excluding hydrogens is 853 g/mol. The predicted molar refractivity (Wildman–Crippen MR) is 298 cm³/mol. The van der Waals surface area contributed by atoms with Gasteiger partial charge in [-0.15, -0.1) is 0 Å². The highest BCUT2D eigenvalue weighted by molar-refractivity contribution is 6.18. The summed E-state index contributed by atoms with van der Waals surface area (Å²) in [5.41, 5.74) is 17.5. The van der Waals surface area contributed by atoms with Gasteiger partial charge in [-0.05, 0) is 156 Å². The number of nitrogens with zero attached hydrogens (tertiary/aromatic N) is 2. The quantitative estimate of drug-likeness (QED) is 0.102. The average Bonchev–Trinajstić information content (AvgIpc) is 3.76. The van der Waals surface area contributed by atoms with Crippen molar-refractivity contribution in [3.05, 3.63) is 221 Å². The van der Waals surface area contributed by atoms with Gasteiger partial charge in [0.1, 0.15) is 11.5 Å². The van der Waals surface area contributed by atoms with Gasteiger partial charge in [0.05, 0.1) is 25.6 Å². The van der Waals surface area contributed by atoms with Crippen molar-refractivity contribution in [2.75, 3.05) is 24.0 Å². The molecule has 1 unspecified atom stereocenters. The molecule has 1 atom stereocenters. The summed E-state index contributed by atoms with van der Waals surface area (Å²) >= 11 is 0. The molecule has 0 aromatic heterocycles. The van der Waals surface area contributed by atoms with Gasteiger partial charge in [0, 0.05) is 44.5 Å². The third-order valence-corrected chi connectivity index (χ3v) is 14.4. The molecule has 0 spiro atoms. The maximum Gasteiger partial charge on any atom is 0.130 e. The van der Waals surface area contributed by atoms with Gasteiger partial charge in [-0.3, -0.25) is 0 Å². The zero-order chi connectivity index (χ0) is 48.3. The Morgan fingerprint density at radius 2 is 1.31 bits per heavy atom. The van der Waals surface area contributed by atoms with Crippen molar-refractivity contribution in [1.29, 1.82) is 0 Å². The fourth-order valence-electron chi connectivity index (χ4n) is 11.0. The summed E-state index contributed by atoms with van der Waals surface area (Å²) in [6.07, 6.45) is 19.8. The van der Waals surface area contributed by atoms with Crippen molar-refractivity contribution >= 4 is 50.0 Å². The second kappa shape index (κ2) is 20.2. The number of benzene rings is 8. The topological polar surface area (TPSA) is 24.9 Å². The highest BCUT2D eigenvalue weighted by Crippen LogP contribution is 2.46. The van der Waals surface area contributed by atoms with Crippen LogP contribution in [-0.4, -0.2) is 14.2 Å². The van der Waals surface area contributed by atoms with Crippen LogP contribution in [0, 0.1) is 6.92 Å². The lowest BCUT2D eigenvalue weighted by Crippen LogP contribution is -2.25. The molecule has 0 saturated heterocycles. The third-order valence-electron chi connectivity index (χ3n) is 14.4. The first-order chi connectivity index (χ1) is 34.3. The molecule has 0 amide bonds. The van der Waals surface area contributed by atoms with Gasteiger partial charge in [-0.1, -0.05) is 161 Å². The van der Waals surface area contributed by atoms with E-state index >= 15 is 0 Å². The van der Waals surface area contributed by atoms with Crippen LogP contribution < -0.4 is 24.5 Å². The molecule has 70 heavy (non-hydrogen) atoms. The summed E-state index contributed by atoms with van der Waals surface area (Å²) in [6, 6.07) is 53.9. The zero-order valence-electron chi connectivity index (χ0n) is 41.9. The maximum absolute atomic E-state index is 6.27. The van der Waals surface area contributed by atoms with Gasteiger partial charge in [0.2, 0.25) is 0 Å². The Balaban J connectivity index is 1.21. The van der Waals surface area contributed by atoms with E-state index in [0.717, 1.165) is 93.6 Å². The largest absolute Gasteiger partial charge is 0.496 e. The Bertz CT molecular complexity index is 3430. The average molecular weight is 917 g/mol. The monoisotopic (exact) mass is 916 g/mol. The summed E-state index contributed by atoms with van der Waals surface area (Å²) in [5, 5.41) is 6.29. The minimum atomic E-state index is 0.398. The van der Waals surface area contributed by atoms with Crippen LogP contribution in [0.1, 0.15) is 81.5 Å². The Morgan fingerprint density at radius 1 is 0.629 bits per heavy atom. The predicted octanol–water partition coefficient (Wildman–Crippen LogP) is 17.2. The van der Waals surface area contributed by atoms with Crippen LogP contribution >= 0.6 is 0 Å². The lowest BCUT2D eigenvalue weighted by atomic mass is 9.90. The highest BCUT2D eigenvalue weighted by Gasteiger charge is 2.26. The van der Waals surface area contributed by atoms with Gasteiger partial charge >= 0.3 is 0 Å². The Hall–Kier alpha value is -7.56. The van der Waals surface area contributed by atoms with E-state index in [1.165, 1.54) is 67.4 Å². The summed E-state index contributed by atoms with van der Waals surface area (Å²) < 4.78 is 12.4. The molecule has 0 bridgehead atoms. The van der Waals surface area contributed by atoms with Gasteiger partial charge in [0.15, 0.2) is 0 Å². The first kappa shape index (κ1) is 46.2. The minimum absolute atomic E-state index is 0.398. The Morgan fingerprint density at radius 3 is 2.04 bits per heavy atom. The number of methoxy groups -OCH3 is 2. The second-order valence-electron chi connectivity index (χ2n) is 19.0. The van der Waals surface area contributed by atoms with E-state index < -0.39 is 0 Å². The normalized spacial score (nSPS) is 13.7. The van der Waals surface area contributed by atoms with Gasteiger partial charge in [-0.2, -0.15) is 0 Å². The Kier molecular flexibility index (Phi) is 13.3. The number of para-hydroxylation sites is 3. The van der Waals surface area contributed by atoms with Crippen molar-refractivity contribution in [1.82, 2.24) is 0 Å². The molecule has 350 valence electrons. The number of hydrogen-bond donors (Lipinski definition) is 0. The number of rotatable bonds is 15. The van der Waals surface area contributed by atoms with E-state index in [9.17, 15) is 0 Å². The lowest BCUT2D eigenvalue weighted by Gasteiger charge is -2.30. The van der Waals surface area contributed by atoms with Crippen molar-refractivity contribution < 1.29 is 9.47 Å². The number of ether oxygens (including phenoxy) is 2. The minimum Gasteiger partial charge on any atom is -0.496 e. The number of unbranched alkanes of at least 4 members (excludes halogenated alkanes) is 1. The van der Waals surface area contributed by atoms with Crippen LogP contribution in [0.4, 0.5) is 22.7 Å². The van der Waals surface area contributed by atoms with Crippen molar-refractivity contribution in [2.24, 2.45) is 0 Å². The van der Waals surface area contributed by atoms with Crippen LogP contribution in [0.3, 0.4) is 0 Å². The maximum atomic E-state index is 6.27. The van der Waals surface area contributed by atoms with Gasteiger partial charge in [0.25, 0.3) is 0 Å². The summed E-state index contributed by atoms with van der Waals surface area (Å²) in [4.78, 5) is 4.93. The van der Waals surface area contributed by atoms with E-state index in [4.69, 9.17) is 9.47 Å². The second-order valence-corrected chi connectivity index (χ2v) is 19.0. The molecule has 8 aromatic rings. The van der Waals surface area contributed by atoms with Crippen LogP contribution in [0.5, 0.6) is 11.5 Å². The fraction of sp³-hybridized carbons (Fsp3) is 0.212. The molecule has 0 saturated carbocycles. The van der Waals surface area contributed by atoms with E-state index in [2.05, 4.69) is 226 Å². The standard InChI is InChI=1S/C66H64N2O2/c1-8-10-22-45(4)56-32-21-34-58(66(56)70-7)49-25-19-31-54(43-49)68(52-28-16-13-17-29-52)62-41-46(5)55-37-38-59-61(40-44(3)39-50-35-36-60(62)64(55)63(50)59)67(51-26-14-11-12-15-27-51)53-30-18-24-48(42-53)57-33-20-23-47(9-2)65(57)69-6/h11,13-21,23-38,40-43,45H,8-10,12,22,39H2,1-7H3. The molecule has 2 aliphatic rings. The summed E-state index contributed by atoms with van der Waals surface area (Å²) in [6.45, 7) is 11.3. The molecule has 0 radical (unpaired) electrons. The third kappa shape index (κ3) is 8.61. The van der Waals surface area contributed by atoms with E-state index in [0.29, 0.717) is 5.92 Å². The molecule has 10 rings (SSSR count). The molecule has 0 N–H and O–H groups in total. The fourth-order valence-corrected chi connectivity index (χ4v) is 11.0. The van der Waals surface area contributed by atoms with E-state index in [1.54, 1.807) is 7.11 Å². The molecule has 2 aliphatic carbocycles. The number of hydrogen-bond acceptors (Lipinski definition) is 4. The van der Waals surface area contributed by atoms with Crippen LogP contribution in [0.2, 0.25) is 0 Å². The molecule has 0 aliphatic heterocycles. The molecule has 4 heteroatoms. The molecule has 0 heterocycles. The van der Waals surface area contributed by atoms with Gasteiger partial charge < -0.3 is 19.3 Å². The molecule has 4 nitrogen and oxygen atoms in total. The van der Waals surface area contributed by atoms with Crippen LogP contribution in [-0.2, 0) is 12.8 Å². The molecular formula is C66H64N2O2. The number of allylic oxidation sites excluding steroid dienone is 6. The van der Waals surface area contributed by atoms with Crippen LogP contribution in [0.25, 0.3) is 49.5 Å². The van der Waals surface area contributed by atoms with Crippen molar-refractivity contribution in [3.63, 3.8) is 0 Å². The van der Waals surface area contributed by atoms with Crippen LogP contribution in [0.15, 0.2) is 193 Å². The zero-order valence-corrected chi connectivity index (χ0v) is 41.9. The number of aryl methyl sites for hydroxylation is 2. The van der Waals surface area contributed by atoms with Crippen molar-refractivity contribution in [2.45, 2.75) is 79.1 Å². The van der Waals surface area contributed by atoms with E-state index in [1.807, 2.05) is 7.11 Å². The summed E-state index contributed by atoms with van der Waals surface area (Å²) in [5.74, 6) is 2.30. The summed E-state index contributed by atoms with van der Waals surface area (Å²) in [7, 11) is 3.61.